The Balaban J connectivity index is 2.58. The van der Waals surface area contributed by atoms with Crippen LogP contribution in [0.3, 0.4) is 0 Å². The number of halogens is 1. The maximum absolute atomic E-state index is 11.6. The van der Waals surface area contributed by atoms with Crippen LogP contribution in [0, 0.1) is 0 Å². The molecule has 0 aliphatic rings. The topological polar surface area (TPSA) is 70.6 Å². The standard InChI is InChI=1S/C13H19ClN2O3/c1-3-19-12-8-10(14)4-5-11(12)16-13(18)15-7-6-9(2)17/h4-5,8-9,17H,3,6-7H2,1-2H3,(H2,15,16,18). The Morgan fingerprint density at radius 3 is 2.89 bits per heavy atom. The molecule has 2 amide bonds. The predicted octanol–water partition coefficient (Wildman–Crippen LogP) is 2.63. The number of nitrogens with one attached hydrogen (secondary N) is 2. The number of carbonyl (C=O) groups is 1. The fraction of sp³-hybridized carbons (Fsp3) is 0.462. The molecule has 0 aliphatic carbocycles. The molecule has 6 heteroatoms. The highest BCUT2D eigenvalue weighted by atomic mass is 35.5. The van der Waals surface area contributed by atoms with E-state index in [1.807, 2.05) is 6.92 Å². The van der Waals surface area contributed by atoms with Crippen molar-refractivity contribution in [1.29, 1.82) is 0 Å². The number of anilines is 1. The SMILES string of the molecule is CCOc1cc(Cl)ccc1NC(=O)NCCC(C)O. The Kier molecular flexibility index (Phi) is 6.45. The molecule has 106 valence electrons. The Morgan fingerprint density at radius 2 is 2.26 bits per heavy atom. The average molecular weight is 287 g/mol. The molecule has 1 atom stereocenters. The number of aliphatic hydroxyl groups excluding tert-OH is 1. The van der Waals surface area contributed by atoms with E-state index >= 15 is 0 Å². The van der Waals surface area contributed by atoms with Crippen LogP contribution >= 0.6 is 11.6 Å². The van der Waals surface area contributed by atoms with Crippen LogP contribution in [0.15, 0.2) is 18.2 Å². The monoisotopic (exact) mass is 286 g/mol. The summed E-state index contributed by atoms with van der Waals surface area (Å²) in [4.78, 5) is 11.6. The first-order valence-corrected chi connectivity index (χ1v) is 6.56. The van der Waals surface area contributed by atoms with E-state index in [0.29, 0.717) is 36.0 Å². The second kappa shape index (κ2) is 7.86. The van der Waals surface area contributed by atoms with Gasteiger partial charge in [-0.1, -0.05) is 11.6 Å². The lowest BCUT2D eigenvalue weighted by molar-refractivity contribution is 0.184. The molecule has 5 nitrogen and oxygen atoms in total. The Morgan fingerprint density at radius 1 is 1.53 bits per heavy atom. The molecule has 3 N–H and O–H groups in total. The van der Waals surface area contributed by atoms with Crippen LogP contribution in [0.25, 0.3) is 0 Å². The van der Waals surface area contributed by atoms with Gasteiger partial charge in [0.05, 0.1) is 18.4 Å². The Hall–Kier alpha value is -1.46. The highest BCUT2D eigenvalue weighted by Gasteiger charge is 2.08. The molecule has 1 aromatic carbocycles. The number of carbonyl (C=O) groups excluding carboxylic acids is 1. The summed E-state index contributed by atoms with van der Waals surface area (Å²) in [5, 5.41) is 15.0. The van der Waals surface area contributed by atoms with E-state index in [-0.39, 0.29) is 6.03 Å². The molecule has 0 saturated carbocycles. The van der Waals surface area contributed by atoms with Gasteiger partial charge in [0, 0.05) is 17.6 Å². The number of hydrogen-bond acceptors (Lipinski definition) is 3. The van der Waals surface area contributed by atoms with Gasteiger partial charge >= 0.3 is 6.03 Å². The molecule has 0 saturated heterocycles. The van der Waals surface area contributed by atoms with Crippen LogP contribution in [0.1, 0.15) is 20.3 Å². The van der Waals surface area contributed by atoms with Crippen molar-refractivity contribution in [3.63, 3.8) is 0 Å². The molecule has 0 spiro atoms. The zero-order chi connectivity index (χ0) is 14.3. The van der Waals surface area contributed by atoms with Crippen LogP contribution < -0.4 is 15.4 Å². The molecule has 1 aromatic rings. The van der Waals surface area contributed by atoms with Crippen molar-refractivity contribution in [2.75, 3.05) is 18.5 Å². The van der Waals surface area contributed by atoms with Gasteiger partial charge in [0.25, 0.3) is 0 Å². The number of urea groups is 1. The quantitative estimate of drug-likeness (QED) is 0.753. The molecule has 0 aromatic heterocycles. The number of aliphatic hydroxyl groups is 1. The van der Waals surface area contributed by atoms with Crippen molar-refractivity contribution in [3.05, 3.63) is 23.2 Å². The van der Waals surface area contributed by atoms with E-state index in [2.05, 4.69) is 10.6 Å². The molecule has 0 fully saturated rings. The third kappa shape index (κ3) is 5.81. The minimum absolute atomic E-state index is 0.344. The number of amides is 2. The molecule has 0 heterocycles. The molecule has 0 radical (unpaired) electrons. The molecule has 1 rings (SSSR count). The van der Waals surface area contributed by atoms with Gasteiger partial charge in [-0.15, -0.1) is 0 Å². The molecular weight excluding hydrogens is 268 g/mol. The van der Waals surface area contributed by atoms with Gasteiger partial charge in [0.2, 0.25) is 0 Å². The first-order valence-electron chi connectivity index (χ1n) is 6.18. The first-order chi connectivity index (χ1) is 9.02. The van der Waals surface area contributed by atoms with Gasteiger partial charge in [-0.25, -0.2) is 4.79 Å². The lowest BCUT2D eigenvalue weighted by atomic mass is 10.3. The van der Waals surface area contributed by atoms with Crippen LogP contribution in [-0.2, 0) is 0 Å². The summed E-state index contributed by atoms with van der Waals surface area (Å²) in [5.74, 6) is 0.528. The molecule has 0 aliphatic heterocycles. The zero-order valence-corrected chi connectivity index (χ0v) is 11.8. The predicted molar refractivity (Wildman–Crippen MR) is 75.9 cm³/mol. The van der Waals surface area contributed by atoms with Crippen molar-refractivity contribution in [1.82, 2.24) is 5.32 Å². The summed E-state index contributed by atoms with van der Waals surface area (Å²) in [7, 11) is 0. The van der Waals surface area contributed by atoms with E-state index in [1.54, 1.807) is 25.1 Å². The van der Waals surface area contributed by atoms with E-state index < -0.39 is 6.10 Å². The van der Waals surface area contributed by atoms with Crippen LogP contribution in [0.2, 0.25) is 5.02 Å². The summed E-state index contributed by atoms with van der Waals surface area (Å²) in [6, 6.07) is 4.66. The van der Waals surface area contributed by atoms with E-state index in [0.717, 1.165) is 0 Å². The smallest absolute Gasteiger partial charge is 0.319 e. The fourth-order valence-corrected chi connectivity index (χ4v) is 1.60. The van der Waals surface area contributed by atoms with E-state index in [1.165, 1.54) is 0 Å². The number of ether oxygens (including phenoxy) is 1. The molecule has 1 unspecified atom stereocenters. The van der Waals surface area contributed by atoms with E-state index in [9.17, 15) is 4.79 Å². The number of hydrogen-bond donors (Lipinski definition) is 3. The number of rotatable bonds is 6. The highest BCUT2D eigenvalue weighted by molar-refractivity contribution is 6.30. The van der Waals surface area contributed by atoms with Gasteiger partial charge in [-0.05, 0) is 32.4 Å². The summed E-state index contributed by atoms with van der Waals surface area (Å²) in [6.07, 6.45) is 0.0710. The first kappa shape index (κ1) is 15.6. The van der Waals surface area contributed by atoms with Gasteiger partial charge in [0.1, 0.15) is 5.75 Å². The molecular formula is C13H19ClN2O3. The van der Waals surface area contributed by atoms with Gasteiger partial charge in [0.15, 0.2) is 0 Å². The fourth-order valence-electron chi connectivity index (χ4n) is 1.44. The summed E-state index contributed by atoms with van der Waals surface area (Å²) >= 11 is 5.87. The van der Waals surface area contributed by atoms with Crippen molar-refractivity contribution in [2.24, 2.45) is 0 Å². The minimum atomic E-state index is -0.435. The van der Waals surface area contributed by atoms with E-state index in [4.69, 9.17) is 21.4 Å². The molecule has 19 heavy (non-hydrogen) atoms. The lowest BCUT2D eigenvalue weighted by Crippen LogP contribution is -2.31. The summed E-state index contributed by atoms with van der Waals surface area (Å²) < 4.78 is 5.39. The van der Waals surface area contributed by atoms with Crippen LogP contribution in [0.4, 0.5) is 10.5 Å². The Bertz CT molecular complexity index is 424. The minimum Gasteiger partial charge on any atom is -0.492 e. The maximum atomic E-state index is 11.6. The highest BCUT2D eigenvalue weighted by Crippen LogP contribution is 2.28. The average Bonchev–Trinajstić information content (AvgIpc) is 2.32. The summed E-state index contributed by atoms with van der Waals surface area (Å²) in [6.45, 7) is 4.42. The zero-order valence-electron chi connectivity index (χ0n) is 11.1. The third-order valence-corrected chi connectivity index (χ3v) is 2.57. The maximum Gasteiger partial charge on any atom is 0.319 e. The van der Waals surface area contributed by atoms with Crippen molar-refractivity contribution in [3.8, 4) is 5.75 Å². The molecule has 0 bridgehead atoms. The normalized spacial score (nSPS) is 11.8. The van der Waals surface area contributed by atoms with Crippen molar-refractivity contribution >= 4 is 23.3 Å². The van der Waals surface area contributed by atoms with Crippen LogP contribution in [-0.4, -0.2) is 30.4 Å². The largest absolute Gasteiger partial charge is 0.492 e. The summed E-state index contributed by atoms with van der Waals surface area (Å²) in [5.41, 5.74) is 0.556. The third-order valence-electron chi connectivity index (χ3n) is 2.34. The Labute approximate surface area is 117 Å². The number of benzene rings is 1. The second-order valence-electron chi connectivity index (χ2n) is 4.09. The van der Waals surface area contributed by atoms with Gasteiger partial charge < -0.3 is 20.5 Å². The lowest BCUT2D eigenvalue weighted by Gasteiger charge is -2.13. The second-order valence-corrected chi connectivity index (χ2v) is 4.53. The van der Waals surface area contributed by atoms with Crippen LogP contribution in [0.5, 0.6) is 5.75 Å². The van der Waals surface area contributed by atoms with Crippen molar-refractivity contribution in [2.45, 2.75) is 26.4 Å². The van der Waals surface area contributed by atoms with Crippen molar-refractivity contribution < 1.29 is 14.6 Å². The van der Waals surface area contributed by atoms with Gasteiger partial charge in [-0.3, -0.25) is 0 Å². The van der Waals surface area contributed by atoms with Gasteiger partial charge in [-0.2, -0.15) is 0 Å².